The molecule has 2 aromatic heterocycles. The van der Waals surface area contributed by atoms with Gasteiger partial charge < -0.3 is 20.3 Å². The standard InChI is InChI=1S/C19H17ClFN5O3S/c20-11-1-3-12(4-2-11)29-10-15(27)25-5-7-26(8-6-25)18-13-9-14(21)30-19(13)24-17(23-18)16(22)28/h1-4,9H,5-8,10H2,(H2,22,28). The summed E-state index contributed by atoms with van der Waals surface area (Å²) in [7, 11) is 0. The summed E-state index contributed by atoms with van der Waals surface area (Å²) in [4.78, 5) is 36.2. The number of benzene rings is 1. The van der Waals surface area contributed by atoms with Crippen molar-refractivity contribution < 1.29 is 18.7 Å². The first-order valence-corrected chi connectivity index (χ1v) is 10.3. The zero-order valence-electron chi connectivity index (χ0n) is 15.7. The number of carbonyl (C=O) groups excluding carboxylic acids is 2. The summed E-state index contributed by atoms with van der Waals surface area (Å²) in [6, 6.07) is 8.12. The molecule has 0 aliphatic carbocycles. The van der Waals surface area contributed by atoms with Crippen LogP contribution in [-0.4, -0.2) is 59.5 Å². The molecule has 2 amide bonds. The van der Waals surface area contributed by atoms with E-state index in [0.29, 0.717) is 53.0 Å². The van der Waals surface area contributed by atoms with E-state index in [4.69, 9.17) is 22.1 Å². The number of hydrogen-bond acceptors (Lipinski definition) is 7. The van der Waals surface area contributed by atoms with Gasteiger partial charge in [0, 0.05) is 31.2 Å². The number of halogens is 2. The average molecular weight is 450 g/mol. The normalized spacial score (nSPS) is 14.2. The average Bonchev–Trinajstić information content (AvgIpc) is 3.12. The van der Waals surface area contributed by atoms with Crippen LogP contribution in [0, 0.1) is 5.13 Å². The molecule has 0 bridgehead atoms. The van der Waals surface area contributed by atoms with Crippen LogP contribution in [0.4, 0.5) is 10.2 Å². The number of anilines is 1. The van der Waals surface area contributed by atoms with E-state index in [1.54, 1.807) is 29.2 Å². The molecule has 8 nitrogen and oxygen atoms in total. The molecule has 4 rings (SSSR count). The fourth-order valence-corrected chi connectivity index (χ4v) is 4.04. The Labute approximate surface area is 180 Å². The lowest BCUT2D eigenvalue weighted by Gasteiger charge is -2.35. The summed E-state index contributed by atoms with van der Waals surface area (Å²) in [5.41, 5.74) is 5.32. The minimum atomic E-state index is -0.778. The van der Waals surface area contributed by atoms with Crippen LogP contribution in [0.25, 0.3) is 10.2 Å². The van der Waals surface area contributed by atoms with E-state index in [9.17, 15) is 14.0 Å². The number of piperazine rings is 1. The van der Waals surface area contributed by atoms with Crippen LogP contribution in [0.5, 0.6) is 5.75 Å². The SMILES string of the molecule is NC(=O)c1nc(N2CCN(C(=O)COc3ccc(Cl)cc3)CC2)c2cc(F)sc2n1. The van der Waals surface area contributed by atoms with Gasteiger partial charge in [0.1, 0.15) is 16.4 Å². The third-order valence-electron chi connectivity index (χ3n) is 4.67. The summed E-state index contributed by atoms with van der Waals surface area (Å²) in [6.07, 6.45) is 0. The first kappa shape index (κ1) is 20.3. The molecule has 0 unspecified atom stereocenters. The summed E-state index contributed by atoms with van der Waals surface area (Å²) in [6.45, 7) is 1.73. The van der Waals surface area contributed by atoms with Gasteiger partial charge in [0.2, 0.25) is 5.82 Å². The van der Waals surface area contributed by atoms with E-state index in [1.165, 1.54) is 6.07 Å². The molecular formula is C19H17ClFN5O3S. The number of thiophene rings is 1. The molecule has 1 aliphatic rings. The monoisotopic (exact) mass is 449 g/mol. The Morgan fingerprint density at radius 2 is 1.87 bits per heavy atom. The molecule has 1 aliphatic heterocycles. The van der Waals surface area contributed by atoms with Crippen molar-refractivity contribution in [2.24, 2.45) is 5.73 Å². The second-order valence-corrected chi connectivity index (χ2v) is 8.03. The van der Waals surface area contributed by atoms with E-state index >= 15 is 0 Å². The van der Waals surface area contributed by atoms with Crippen LogP contribution in [0.2, 0.25) is 5.02 Å². The second-order valence-electron chi connectivity index (χ2n) is 6.61. The molecule has 1 fully saturated rings. The zero-order valence-corrected chi connectivity index (χ0v) is 17.2. The number of hydrogen-bond donors (Lipinski definition) is 1. The minimum absolute atomic E-state index is 0.0824. The van der Waals surface area contributed by atoms with Gasteiger partial charge in [-0.25, -0.2) is 9.97 Å². The lowest BCUT2D eigenvalue weighted by Crippen LogP contribution is -2.50. The lowest BCUT2D eigenvalue weighted by atomic mass is 10.2. The van der Waals surface area contributed by atoms with E-state index < -0.39 is 11.0 Å². The molecule has 2 N–H and O–H groups in total. The number of carbonyl (C=O) groups is 2. The third-order valence-corrected chi connectivity index (χ3v) is 5.74. The molecule has 0 saturated carbocycles. The molecule has 11 heteroatoms. The van der Waals surface area contributed by atoms with E-state index in [1.807, 2.05) is 4.90 Å². The quantitative estimate of drug-likeness (QED) is 0.641. The topological polar surface area (TPSA) is 102 Å². The molecule has 0 spiro atoms. The van der Waals surface area contributed by atoms with Gasteiger partial charge in [0.15, 0.2) is 11.7 Å². The van der Waals surface area contributed by atoms with Crippen LogP contribution in [0.3, 0.4) is 0 Å². The van der Waals surface area contributed by atoms with E-state index in [-0.39, 0.29) is 18.3 Å². The number of primary amides is 1. The van der Waals surface area contributed by atoms with Gasteiger partial charge >= 0.3 is 0 Å². The van der Waals surface area contributed by atoms with Crippen molar-refractivity contribution in [2.45, 2.75) is 0 Å². The fourth-order valence-electron chi connectivity index (χ4n) is 3.16. The van der Waals surface area contributed by atoms with Crippen LogP contribution in [-0.2, 0) is 4.79 Å². The maximum atomic E-state index is 13.8. The van der Waals surface area contributed by atoms with Crippen molar-refractivity contribution in [3.63, 3.8) is 0 Å². The lowest BCUT2D eigenvalue weighted by molar-refractivity contribution is -0.133. The predicted octanol–water partition coefficient (Wildman–Crippen LogP) is 2.31. The third kappa shape index (κ3) is 4.29. The van der Waals surface area contributed by atoms with Crippen LogP contribution >= 0.6 is 22.9 Å². The Bertz CT molecular complexity index is 1100. The number of nitrogens with zero attached hydrogens (tertiary/aromatic N) is 4. The largest absolute Gasteiger partial charge is 0.484 e. The van der Waals surface area contributed by atoms with Gasteiger partial charge in [0.25, 0.3) is 11.8 Å². The number of fused-ring (bicyclic) bond motifs is 1. The Morgan fingerprint density at radius 1 is 1.17 bits per heavy atom. The van der Waals surface area contributed by atoms with Gasteiger partial charge in [-0.2, -0.15) is 4.39 Å². The highest BCUT2D eigenvalue weighted by Crippen LogP contribution is 2.30. The molecular weight excluding hydrogens is 433 g/mol. The molecule has 1 aromatic carbocycles. The molecule has 30 heavy (non-hydrogen) atoms. The van der Waals surface area contributed by atoms with Crippen molar-refractivity contribution in [2.75, 3.05) is 37.7 Å². The molecule has 1 saturated heterocycles. The number of rotatable bonds is 5. The van der Waals surface area contributed by atoms with E-state index in [0.717, 1.165) is 11.3 Å². The zero-order chi connectivity index (χ0) is 21.3. The van der Waals surface area contributed by atoms with E-state index in [2.05, 4.69) is 9.97 Å². The number of aromatic nitrogens is 2. The van der Waals surface area contributed by atoms with Crippen LogP contribution in [0.1, 0.15) is 10.6 Å². The maximum absolute atomic E-state index is 13.8. The Morgan fingerprint density at radius 3 is 2.53 bits per heavy atom. The second kappa shape index (κ2) is 8.41. The summed E-state index contributed by atoms with van der Waals surface area (Å²) >= 11 is 6.67. The van der Waals surface area contributed by atoms with Gasteiger partial charge in [0.05, 0.1) is 5.39 Å². The Kier molecular flexibility index (Phi) is 5.69. The molecule has 3 aromatic rings. The molecule has 0 atom stereocenters. The van der Waals surface area contributed by atoms with Gasteiger partial charge in [-0.1, -0.05) is 22.9 Å². The van der Waals surface area contributed by atoms with Crippen molar-refractivity contribution in [1.82, 2.24) is 14.9 Å². The summed E-state index contributed by atoms with van der Waals surface area (Å²) in [5, 5.41) is 0.692. The van der Waals surface area contributed by atoms with Crippen molar-refractivity contribution in [3.05, 3.63) is 46.3 Å². The highest BCUT2D eigenvalue weighted by Gasteiger charge is 2.25. The first-order chi connectivity index (χ1) is 14.4. The van der Waals surface area contributed by atoms with Crippen molar-refractivity contribution in [3.8, 4) is 5.75 Å². The number of amides is 2. The Hall–Kier alpha value is -2.98. The highest BCUT2D eigenvalue weighted by atomic mass is 35.5. The number of nitrogens with two attached hydrogens (primary N) is 1. The summed E-state index contributed by atoms with van der Waals surface area (Å²) < 4.78 is 19.3. The highest BCUT2D eigenvalue weighted by molar-refractivity contribution is 7.17. The van der Waals surface area contributed by atoms with Gasteiger partial charge in [-0.3, -0.25) is 9.59 Å². The molecule has 0 radical (unpaired) electrons. The van der Waals surface area contributed by atoms with Gasteiger partial charge in [-0.15, -0.1) is 0 Å². The maximum Gasteiger partial charge on any atom is 0.286 e. The smallest absolute Gasteiger partial charge is 0.286 e. The van der Waals surface area contributed by atoms with Crippen molar-refractivity contribution >= 4 is 50.8 Å². The molecule has 156 valence electrons. The minimum Gasteiger partial charge on any atom is -0.484 e. The predicted molar refractivity (Wildman–Crippen MR) is 112 cm³/mol. The molecule has 3 heterocycles. The fraction of sp³-hybridized carbons (Fsp3) is 0.263. The Balaban J connectivity index is 1.42. The van der Waals surface area contributed by atoms with Crippen molar-refractivity contribution in [1.29, 1.82) is 0 Å². The van der Waals surface area contributed by atoms with Gasteiger partial charge in [-0.05, 0) is 30.3 Å². The van der Waals surface area contributed by atoms with Crippen LogP contribution < -0.4 is 15.4 Å². The summed E-state index contributed by atoms with van der Waals surface area (Å²) in [5.74, 6) is -0.0714. The number of ether oxygens (including phenoxy) is 1. The first-order valence-electron chi connectivity index (χ1n) is 9.08. The van der Waals surface area contributed by atoms with Crippen LogP contribution in [0.15, 0.2) is 30.3 Å².